The maximum Gasteiger partial charge on any atom is 0.0254 e. The Hall–Kier alpha value is -0.860. The summed E-state index contributed by atoms with van der Waals surface area (Å²) in [5.74, 6) is 0.763. The fraction of sp³-hybridized carbons (Fsp3) is 0.538. The quantitative estimate of drug-likeness (QED) is 0.789. The fourth-order valence-corrected chi connectivity index (χ4v) is 3.16. The predicted octanol–water partition coefficient (Wildman–Crippen LogP) is 1.61. The van der Waals surface area contributed by atoms with Crippen molar-refractivity contribution in [3.63, 3.8) is 0 Å². The maximum atomic E-state index is 6.19. The molecule has 2 bridgehead atoms. The van der Waals surface area contributed by atoms with E-state index in [1.807, 2.05) is 0 Å². The van der Waals surface area contributed by atoms with Crippen molar-refractivity contribution in [3.05, 3.63) is 35.9 Å². The van der Waals surface area contributed by atoms with Gasteiger partial charge in [0.25, 0.3) is 0 Å². The van der Waals surface area contributed by atoms with Crippen molar-refractivity contribution in [2.75, 3.05) is 6.54 Å². The number of rotatable bonds is 2. The van der Waals surface area contributed by atoms with E-state index in [4.69, 9.17) is 5.73 Å². The third-order valence-corrected chi connectivity index (χ3v) is 3.99. The van der Waals surface area contributed by atoms with Gasteiger partial charge in [-0.2, -0.15) is 0 Å². The van der Waals surface area contributed by atoms with Crippen LogP contribution in [0.5, 0.6) is 0 Å². The zero-order valence-electron chi connectivity index (χ0n) is 8.97. The van der Waals surface area contributed by atoms with Gasteiger partial charge >= 0.3 is 0 Å². The highest BCUT2D eigenvalue weighted by molar-refractivity contribution is 5.16. The SMILES string of the molecule is NC1C2CCC1N(Cc1ccccc1)C2. The van der Waals surface area contributed by atoms with Crippen LogP contribution in [0.1, 0.15) is 18.4 Å². The first kappa shape index (κ1) is 9.37. The second-order valence-electron chi connectivity index (χ2n) is 4.90. The fourth-order valence-electron chi connectivity index (χ4n) is 3.16. The molecule has 1 aliphatic heterocycles. The second kappa shape index (κ2) is 3.62. The minimum atomic E-state index is 0.439. The molecule has 1 aliphatic carbocycles. The number of piperidine rings is 1. The van der Waals surface area contributed by atoms with Crippen LogP contribution in [0.3, 0.4) is 0 Å². The average Bonchev–Trinajstić information content (AvgIpc) is 2.75. The summed E-state index contributed by atoms with van der Waals surface area (Å²) < 4.78 is 0. The number of nitrogens with zero attached hydrogens (tertiary/aromatic N) is 1. The first-order chi connectivity index (χ1) is 7.34. The summed E-state index contributed by atoms with van der Waals surface area (Å²) in [6.07, 6.45) is 2.65. The lowest BCUT2D eigenvalue weighted by atomic mass is 10.1. The molecule has 0 aromatic heterocycles. The predicted molar refractivity (Wildman–Crippen MR) is 61.3 cm³/mol. The monoisotopic (exact) mass is 202 g/mol. The van der Waals surface area contributed by atoms with E-state index < -0.39 is 0 Å². The van der Waals surface area contributed by atoms with Crippen LogP contribution in [0.4, 0.5) is 0 Å². The van der Waals surface area contributed by atoms with Crippen LogP contribution in [-0.4, -0.2) is 23.5 Å². The van der Waals surface area contributed by atoms with Crippen LogP contribution in [-0.2, 0) is 6.54 Å². The van der Waals surface area contributed by atoms with Crippen LogP contribution in [0, 0.1) is 5.92 Å². The van der Waals surface area contributed by atoms with Crippen molar-refractivity contribution in [1.29, 1.82) is 0 Å². The Labute approximate surface area is 91.1 Å². The van der Waals surface area contributed by atoms with E-state index in [0.717, 1.165) is 12.5 Å². The average molecular weight is 202 g/mol. The van der Waals surface area contributed by atoms with Gasteiger partial charge in [0.05, 0.1) is 0 Å². The molecule has 1 saturated heterocycles. The molecule has 2 aliphatic rings. The number of nitrogens with two attached hydrogens (primary N) is 1. The summed E-state index contributed by atoms with van der Waals surface area (Å²) in [5.41, 5.74) is 7.60. The number of hydrogen-bond acceptors (Lipinski definition) is 2. The summed E-state index contributed by atoms with van der Waals surface area (Å²) >= 11 is 0. The Morgan fingerprint density at radius 2 is 2.00 bits per heavy atom. The first-order valence-corrected chi connectivity index (χ1v) is 5.88. The lowest BCUT2D eigenvalue weighted by Gasteiger charge is -2.26. The molecule has 15 heavy (non-hydrogen) atoms. The third kappa shape index (κ3) is 1.58. The van der Waals surface area contributed by atoms with Gasteiger partial charge in [-0.25, -0.2) is 0 Å². The molecule has 3 unspecified atom stereocenters. The summed E-state index contributed by atoms with van der Waals surface area (Å²) in [5, 5.41) is 0. The van der Waals surface area contributed by atoms with Gasteiger partial charge in [0.1, 0.15) is 0 Å². The van der Waals surface area contributed by atoms with Crippen molar-refractivity contribution >= 4 is 0 Å². The molecule has 2 nitrogen and oxygen atoms in total. The van der Waals surface area contributed by atoms with Gasteiger partial charge in [-0.1, -0.05) is 30.3 Å². The molecule has 1 aromatic rings. The van der Waals surface area contributed by atoms with E-state index in [-0.39, 0.29) is 0 Å². The molecule has 0 amide bonds. The molecule has 0 radical (unpaired) electrons. The molecule has 0 spiro atoms. The molecule has 1 aromatic carbocycles. The highest BCUT2D eigenvalue weighted by Gasteiger charge is 2.44. The lowest BCUT2D eigenvalue weighted by molar-refractivity contribution is 0.203. The van der Waals surface area contributed by atoms with E-state index in [2.05, 4.69) is 35.2 Å². The summed E-state index contributed by atoms with van der Waals surface area (Å²) in [7, 11) is 0. The van der Waals surface area contributed by atoms with Crippen LogP contribution >= 0.6 is 0 Å². The molecule has 2 heteroatoms. The topological polar surface area (TPSA) is 29.3 Å². The normalized spacial score (nSPS) is 34.9. The molecule has 1 heterocycles. The Balaban J connectivity index is 1.71. The van der Waals surface area contributed by atoms with Gasteiger partial charge < -0.3 is 5.73 Å². The molecule has 1 saturated carbocycles. The Kier molecular flexibility index (Phi) is 2.26. The van der Waals surface area contributed by atoms with E-state index in [0.29, 0.717) is 12.1 Å². The maximum absolute atomic E-state index is 6.19. The van der Waals surface area contributed by atoms with Crippen molar-refractivity contribution in [2.45, 2.75) is 31.5 Å². The molecule has 2 fully saturated rings. The van der Waals surface area contributed by atoms with Crippen molar-refractivity contribution in [2.24, 2.45) is 11.7 Å². The Morgan fingerprint density at radius 1 is 1.20 bits per heavy atom. The first-order valence-electron chi connectivity index (χ1n) is 5.88. The second-order valence-corrected chi connectivity index (χ2v) is 4.90. The van der Waals surface area contributed by atoms with Gasteiger partial charge in [0, 0.05) is 25.2 Å². The summed E-state index contributed by atoms with van der Waals surface area (Å²) in [6, 6.07) is 11.8. The zero-order valence-corrected chi connectivity index (χ0v) is 8.97. The number of likely N-dealkylation sites (tertiary alicyclic amines) is 1. The van der Waals surface area contributed by atoms with E-state index in [1.54, 1.807) is 0 Å². The molecule has 3 atom stereocenters. The van der Waals surface area contributed by atoms with Gasteiger partial charge in [0.15, 0.2) is 0 Å². The van der Waals surface area contributed by atoms with Gasteiger partial charge in [-0.3, -0.25) is 4.90 Å². The lowest BCUT2D eigenvalue weighted by Crippen LogP contribution is -2.37. The standard InChI is InChI=1S/C13H18N2/c14-13-11-6-7-12(13)15(9-11)8-10-4-2-1-3-5-10/h1-5,11-13H,6-9,14H2. The number of hydrogen-bond donors (Lipinski definition) is 1. The molecule has 3 rings (SSSR count). The highest BCUT2D eigenvalue weighted by atomic mass is 15.2. The van der Waals surface area contributed by atoms with Crippen LogP contribution in [0.25, 0.3) is 0 Å². The van der Waals surface area contributed by atoms with E-state index in [9.17, 15) is 0 Å². The number of benzene rings is 1. The smallest absolute Gasteiger partial charge is 0.0254 e. The minimum absolute atomic E-state index is 0.439. The van der Waals surface area contributed by atoms with Crippen molar-refractivity contribution < 1.29 is 0 Å². The molecule has 2 N–H and O–H groups in total. The molecular formula is C13H18N2. The largest absolute Gasteiger partial charge is 0.326 e. The van der Waals surface area contributed by atoms with Gasteiger partial charge in [-0.15, -0.1) is 0 Å². The highest BCUT2D eigenvalue weighted by Crippen LogP contribution is 2.37. The third-order valence-electron chi connectivity index (χ3n) is 3.99. The van der Waals surface area contributed by atoms with Crippen molar-refractivity contribution in [3.8, 4) is 0 Å². The van der Waals surface area contributed by atoms with Crippen LogP contribution in [0.2, 0.25) is 0 Å². The summed E-state index contributed by atoms with van der Waals surface area (Å²) in [4.78, 5) is 2.56. The van der Waals surface area contributed by atoms with Gasteiger partial charge in [-0.05, 0) is 24.3 Å². The van der Waals surface area contributed by atoms with Crippen molar-refractivity contribution in [1.82, 2.24) is 4.90 Å². The Morgan fingerprint density at radius 3 is 2.60 bits per heavy atom. The zero-order chi connectivity index (χ0) is 10.3. The molecule has 80 valence electrons. The van der Waals surface area contributed by atoms with E-state index >= 15 is 0 Å². The summed E-state index contributed by atoms with van der Waals surface area (Å²) in [6.45, 7) is 2.29. The Bertz CT molecular complexity index is 336. The number of fused-ring (bicyclic) bond motifs is 2. The minimum Gasteiger partial charge on any atom is -0.326 e. The van der Waals surface area contributed by atoms with Crippen LogP contribution < -0.4 is 5.73 Å². The van der Waals surface area contributed by atoms with E-state index in [1.165, 1.54) is 24.9 Å². The van der Waals surface area contributed by atoms with Gasteiger partial charge in [0.2, 0.25) is 0 Å². The molecular weight excluding hydrogens is 184 g/mol. The van der Waals surface area contributed by atoms with Crippen LogP contribution in [0.15, 0.2) is 30.3 Å².